The lowest BCUT2D eigenvalue weighted by Gasteiger charge is -2.25. The molecule has 5 heteroatoms. The van der Waals surface area contributed by atoms with E-state index in [0.29, 0.717) is 17.6 Å². The second-order valence-electron chi connectivity index (χ2n) is 14.9. The summed E-state index contributed by atoms with van der Waals surface area (Å²) in [5.41, 5.74) is 11.7. The fourth-order valence-corrected chi connectivity index (χ4v) is 8.28. The number of fused-ring (bicyclic) bond motifs is 4. The summed E-state index contributed by atoms with van der Waals surface area (Å²) in [5, 5.41) is 4.64. The number of para-hydroxylation sites is 1. The quantitative estimate of drug-likeness (QED) is 0.154. The minimum absolute atomic E-state index is 0.529. The van der Waals surface area contributed by atoms with Crippen molar-refractivity contribution < 1.29 is 0 Å². The van der Waals surface area contributed by atoms with Crippen molar-refractivity contribution in [2.75, 3.05) is 4.90 Å². The lowest BCUT2D eigenvalue weighted by Crippen LogP contribution is -2.15. The molecule has 282 valence electrons. The molecule has 0 aliphatic rings. The van der Waals surface area contributed by atoms with Crippen LogP contribution in [-0.4, -0.2) is 19.5 Å². The van der Waals surface area contributed by atoms with Gasteiger partial charge in [0.15, 0.2) is 11.6 Å². The molecule has 0 aliphatic heterocycles. The number of hydrogen-bond donors (Lipinski definition) is 0. The molecule has 0 saturated heterocycles. The lowest BCUT2D eigenvalue weighted by atomic mass is 10.00. The van der Waals surface area contributed by atoms with Gasteiger partial charge in [0.05, 0.1) is 16.7 Å². The Kier molecular flexibility index (Phi) is 8.75. The van der Waals surface area contributed by atoms with E-state index < -0.39 is 0 Å². The van der Waals surface area contributed by atoms with Crippen LogP contribution in [0.1, 0.15) is 0 Å². The van der Waals surface area contributed by atoms with Gasteiger partial charge in [0, 0.05) is 33.3 Å². The monoisotopic (exact) mass is 767 g/mol. The van der Waals surface area contributed by atoms with Gasteiger partial charge in [-0.1, -0.05) is 182 Å². The van der Waals surface area contributed by atoms with E-state index in [-0.39, 0.29) is 0 Å². The predicted molar refractivity (Wildman–Crippen MR) is 248 cm³/mol. The molecule has 2 aromatic heterocycles. The number of rotatable bonds is 8. The molecule has 0 bridgehead atoms. The van der Waals surface area contributed by atoms with Crippen molar-refractivity contribution in [1.82, 2.24) is 19.5 Å². The fourth-order valence-electron chi connectivity index (χ4n) is 8.28. The van der Waals surface area contributed by atoms with Crippen LogP contribution in [0.15, 0.2) is 224 Å². The van der Waals surface area contributed by atoms with Crippen molar-refractivity contribution in [1.29, 1.82) is 0 Å². The Labute approximate surface area is 348 Å². The SMILES string of the molecule is c1ccc(-c2ccc(-c3cccc(-n4c5ccccc5c5ccc(N(c6ccc7ccccc7c6)c6nc(-c7ccccc7)nc(-c7ccccc7)n6)cc54)c3)cc2)cc1. The number of hydrogen-bond acceptors (Lipinski definition) is 4. The van der Waals surface area contributed by atoms with Crippen molar-refractivity contribution >= 4 is 49.9 Å². The van der Waals surface area contributed by atoms with Gasteiger partial charge < -0.3 is 4.57 Å². The van der Waals surface area contributed by atoms with Crippen LogP contribution in [0.2, 0.25) is 0 Å². The first-order chi connectivity index (χ1) is 29.7. The average molecular weight is 768 g/mol. The number of aromatic nitrogens is 4. The molecule has 2 heterocycles. The van der Waals surface area contributed by atoms with Crippen LogP contribution < -0.4 is 4.90 Å². The van der Waals surface area contributed by atoms with E-state index in [1.165, 1.54) is 22.1 Å². The van der Waals surface area contributed by atoms with Gasteiger partial charge in [-0.3, -0.25) is 4.90 Å². The molecule has 0 unspecified atom stereocenters. The third kappa shape index (κ3) is 6.45. The Bertz CT molecular complexity index is 3250. The molecule has 11 aromatic rings. The summed E-state index contributed by atoms with van der Waals surface area (Å²) in [5.74, 6) is 1.74. The van der Waals surface area contributed by atoms with Crippen LogP contribution in [0.4, 0.5) is 17.3 Å². The summed E-state index contributed by atoms with van der Waals surface area (Å²) >= 11 is 0. The van der Waals surface area contributed by atoms with E-state index in [1.54, 1.807) is 0 Å². The first-order valence-corrected chi connectivity index (χ1v) is 20.2. The van der Waals surface area contributed by atoms with E-state index in [0.717, 1.165) is 60.9 Å². The summed E-state index contributed by atoms with van der Waals surface area (Å²) in [7, 11) is 0. The predicted octanol–water partition coefficient (Wildman–Crippen LogP) is 14.3. The first kappa shape index (κ1) is 35.0. The van der Waals surface area contributed by atoms with Crippen molar-refractivity contribution in [2.45, 2.75) is 0 Å². The summed E-state index contributed by atoms with van der Waals surface area (Å²) in [6, 6.07) is 78.8. The van der Waals surface area contributed by atoms with Gasteiger partial charge in [0.1, 0.15) is 0 Å². The molecule has 0 spiro atoms. The van der Waals surface area contributed by atoms with Gasteiger partial charge in [0.2, 0.25) is 5.95 Å². The van der Waals surface area contributed by atoms with Crippen LogP contribution >= 0.6 is 0 Å². The van der Waals surface area contributed by atoms with Gasteiger partial charge >= 0.3 is 0 Å². The minimum atomic E-state index is 0.529. The highest BCUT2D eigenvalue weighted by Crippen LogP contribution is 2.41. The zero-order valence-electron chi connectivity index (χ0n) is 32.6. The van der Waals surface area contributed by atoms with E-state index in [4.69, 9.17) is 15.0 Å². The third-order valence-electron chi connectivity index (χ3n) is 11.2. The maximum absolute atomic E-state index is 5.23. The van der Waals surface area contributed by atoms with Crippen molar-refractivity contribution in [3.8, 4) is 50.7 Å². The molecule has 9 aromatic carbocycles. The smallest absolute Gasteiger partial charge is 0.238 e. The second-order valence-corrected chi connectivity index (χ2v) is 14.9. The highest BCUT2D eigenvalue weighted by molar-refractivity contribution is 6.10. The summed E-state index contributed by atoms with van der Waals surface area (Å²) in [6.45, 7) is 0. The van der Waals surface area contributed by atoms with E-state index in [2.05, 4.69) is 173 Å². The number of benzene rings is 9. The molecular weight excluding hydrogens is 731 g/mol. The molecule has 0 saturated carbocycles. The van der Waals surface area contributed by atoms with Crippen LogP contribution in [0.5, 0.6) is 0 Å². The van der Waals surface area contributed by atoms with Crippen molar-refractivity contribution in [2.24, 2.45) is 0 Å². The van der Waals surface area contributed by atoms with Gasteiger partial charge in [-0.15, -0.1) is 0 Å². The molecule has 0 amide bonds. The van der Waals surface area contributed by atoms with Crippen molar-refractivity contribution in [3.05, 3.63) is 224 Å². The molecule has 0 N–H and O–H groups in total. The number of nitrogens with zero attached hydrogens (tertiary/aromatic N) is 5. The normalized spacial score (nSPS) is 11.3. The van der Waals surface area contributed by atoms with Gasteiger partial charge in [-0.2, -0.15) is 9.97 Å². The summed E-state index contributed by atoms with van der Waals surface area (Å²) in [4.78, 5) is 17.7. The van der Waals surface area contributed by atoms with Gasteiger partial charge in [0.25, 0.3) is 0 Å². The van der Waals surface area contributed by atoms with E-state index >= 15 is 0 Å². The molecule has 0 atom stereocenters. The molecule has 5 nitrogen and oxygen atoms in total. The zero-order chi connectivity index (χ0) is 39.8. The molecule has 60 heavy (non-hydrogen) atoms. The largest absolute Gasteiger partial charge is 0.309 e. The van der Waals surface area contributed by atoms with E-state index in [1.807, 2.05) is 60.7 Å². The fraction of sp³-hybridized carbons (Fsp3) is 0. The lowest BCUT2D eigenvalue weighted by molar-refractivity contribution is 1.02. The molecule has 0 fully saturated rings. The molecule has 0 aliphatic carbocycles. The Morgan fingerprint density at radius 1 is 0.317 bits per heavy atom. The van der Waals surface area contributed by atoms with Crippen LogP contribution in [0.3, 0.4) is 0 Å². The van der Waals surface area contributed by atoms with Gasteiger partial charge in [-0.25, -0.2) is 4.98 Å². The van der Waals surface area contributed by atoms with Crippen molar-refractivity contribution in [3.63, 3.8) is 0 Å². The standard InChI is InChI=1S/C55H37N5/c1-4-15-38(16-5-1)40-27-29-41(30-28-40)45-23-14-24-46(35-45)60-51-26-13-12-25-49(51)50-34-33-48(37-52(50)60)59(47-32-31-39-17-10-11-22-44(39)36-47)55-57-53(42-18-6-2-7-19-42)56-54(58-55)43-20-8-3-9-21-43/h1-37H. The Balaban J connectivity index is 1.11. The number of anilines is 3. The van der Waals surface area contributed by atoms with Crippen LogP contribution in [-0.2, 0) is 0 Å². The maximum atomic E-state index is 5.23. The third-order valence-corrected chi connectivity index (χ3v) is 11.2. The molecular formula is C55H37N5. The topological polar surface area (TPSA) is 46.8 Å². The molecule has 0 radical (unpaired) electrons. The second kappa shape index (κ2) is 15.0. The Hall–Kier alpha value is -8.15. The zero-order valence-corrected chi connectivity index (χ0v) is 32.6. The van der Waals surface area contributed by atoms with Crippen LogP contribution in [0, 0.1) is 0 Å². The summed E-state index contributed by atoms with van der Waals surface area (Å²) < 4.78 is 2.38. The van der Waals surface area contributed by atoms with Crippen LogP contribution in [0.25, 0.3) is 83.3 Å². The van der Waals surface area contributed by atoms with E-state index in [9.17, 15) is 0 Å². The maximum Gasteiger partial charge on any atom is 0.238 e. The Morgan fingerprint density at radius 3 is 1.53 bits per heavy atom. The minimum Gasteiger partial charge on any atom is -0.309 e. The highest BCUT2D eigenvalue weighted by Gasteiger charge is 2.22. The van der Waals surface area contributed by atoms with Gasteiger partial charge in [-0.05, 0) is 75.5 Å². The highest BCUT2D eigenvalue weighted by atomic mass is 15.3. The summed E-state index contributed by atoms with van der Waals surface area (Å²) in [6.07, 6.45) is 0. The molecule has 11 rings (SSSR count). The Morgan fingerprint density at radius 2 is 0.833 bits per heavy atom. The average Bonchev–Trinajstić information content (AvgIpc) is 3.66. The first-order valence-electron chi connectivity index (χ1n) is 20.2.